The molecule has 6 nitrogen and oxygen atoms in total. The molecule has 3 fully saturated rings. The summed E-state index contributed by atoms with van der Waals surface area (Å²) in [6, 6.07) is 7.10. The van der Waals surface area contributed by atoms with E-state index >= 15 is 0 Å². The highest BCUT2D eigenvalue weighted by Gasteiger charge is 2.72. The van der Waals surface area contributed by atoms with E-state index in [1.54, 1.807) is 12.4 Å². The summed E-state index contributed by atoms with van der Waals surface area (Å²) in [5.41, 5.74) is 0.903. The fourth-order valence-electron chi connectivity index (χ4n) is 7.62. The second-order valence-corrected chi connectivity index (χ2v) is 11.8. The number of aromatic nitrogens is 1. The highest BCUT2D eigenvalue weighted by atomic mass is 35.5. The van der Waals surface area contributed by atoms with Crippen LogP contribution in [0, 0.1) is 0 Å². The zero-order chi connectivity index (χ0) is 24.9. The van der Waals surface area contributed by atoms with Gasteiger partial charge in [0.25, 0.3) is 0 Å². The van der Waals surface area contributed by atoms with Crippen LogP contribution in [0.3, 0.4) is 0 Å². The van der Waals surface area contributed by atoms with Crippen molar-refractivity contribution >= 4 is 40.7 Å². The first-order chi connectivity index (χ1) is 17.4. The Hall–Kier alpha value is -2.15. The molecule has 8 heteroatoms. The quantitative estimate of drug-likeness (QED) is 0.494. The monoisotopic (exact) mass is 526 g/mol. The van der Waals surface area contributed by atoms with Crippen molar-refractivity contribution in [3.05, 3.63) is 57.8 Å². The largest absolute Gasteiger partial charge is 0.352 e. The molecule has 4 aliphatic rings. The van der Waals surface area contributed by atoms with E-state index in [0.717, 1.165) is 74.6 Å². The SMILES string of the molecule is O=C(NC1CCCCC1)C1NC2(CCCCC2)C2(C(=O)Nc3cc(Cl)ccc32)C1c1cncc(Cl)c1. The highest BCUT2D eigenvalue weighted by Crippen LogP contribution is 2.62. The average molecular weight is 527 g/mol. The van der Waals surface area contributed by atoms with Gasteiger partial charge in [0.15, 0.2) is 0 Å². The summed E-state index contributed by atoms with van der Waals surface area (Å²) in [6.07, 6.45) is 13.6. The molecule has 0 bridgehead atoms. The summed E-state index contributed by atoms with van der Waals surface area (Å²) in [6.45, 7) is 0. The number of pyridine rings is 1. The Morgan fingerprint density at radius 1 is 0.972 bits per heavy atom. The summed E-state index contributed by atoms with van der Waals surface area (Å²) in [5, 5.41) is 11.4. The molecule has 6 rings (SSSR count). The average Bonchev–Trinajstić information content (AvgIpc) is 3.32. The molecule has 2 saturated carbocycles. The summed E-state index contributed by atoms with van der Waals surface area (Å²) in [5.74, 6) is -0.580. The molecule has 1 aromatic heterocycles. The van der Waals surface area contributed by atoms with Crippen LogP contribution in [0.15, 0.2) is 36.7 Å². The van der Waals surface area contributed by atoms with Crippen molar-refractivity contribution in [2.24, 2.45) is 0 Å². The van der Waals surface area contributed by atoms with Crippen molar-refractivity contribution in [3.63, 3.8) is 0 Å². The molecule has 1 saturated heterocycles. The third kappa shape index (κ3) is 3.67. The number of amides is 2. The van der Waals surface area contributed by atoms with Crippen LogP contribution in [-0.2, 0) is 15.0 Å². The number of fused-ring (bicyclic) bond motifs is 3. The normalized spacial score (nSPS) is 29.3. The number of nitrogens with one attached hydrogen (secondary N) is 3. The molecule has 2 aromatic rings. The van der Waals surface area contributed by atoms with Crippen molar-refractivity contribution in [3.8, 4) is 0 Å². The first-order valence-corrected chi connectivity index (χ1v) is 14.0. The molecule has 1 aromatic carbocycles. The molecule has 2 aliphatic carbocycles. The minimum Gasteiger partial charge on any atom is -0.352 e. The topological polar surface area (TPSA) is 83.1 Å². The van der Waals surface area contributed by atoms with E-state index in [9.17, 15) is 9.59 Å². The van der Waals surface area contributed by atoms with E-state index < -0.39 is 22.9 Å². The Labute approximate surface area is 221 Å². The fraction of sp³-hybridized carbons (Fsp3) is 0.536. The fourth-order valence-corrected chi connectivity index (χ4v) is 7.98. The molecule has 0 radical (unpaired) electrons. The molecule has 2 spiro atoms. The lowest BCUT2D eigenvalue weighted by Crippen LogP contribution is -2.60. The smallest absolute Gasteiger partial charge is 0.238 e. The lowest BCUT2D eigenvalue weighted by atomic mass is 9.55. The molecule has 2 amide bonds. The van der Waals surface area contributed by atoms with Gasteiger partial charge in [0.2, 0.25) is 11.8 Å². The second-order valence-electron chi connectivity index (χ2n) is 11.0. The van der Waals surface area contributed by atoms with Gasteiger partial charge in [0.1, 0.15) is 5.41 Å². The van der Waals surface area contributed by atoms with Gasteiger partial charge in [0.05, 0.1) is 11.1 Å². The highest BCUT2D eigenvalue weighted by molar-refractivity contribution is 6.31. The molecular weight excluding hydrogens is 495 g/mol. The van der Waals surface area contributed by atoms with Gasteiger partial charge in [-0.05, 0) is 55.0 Å². The van der Waals surface area contributed by atoms with Crippen molar-refractivity contribution in [2.45, 2.75) is 93.2 Å². The van der Waals surface area contributed by atoms with Crippen LogP contribution in [0.1, 0.15) is 81.3 Å². The Balaban J connectivity index is 1.54. The lowest BCUT2D eigenvalue weighted by Gasteiger charge is -2.47. The molecule has 190 valence electrons. The Morgan fingerprint density at radius 3 is 2.47 bits per heavy atom. The van der Waals surface area contributed by atoms with E-state index in [4.69, 9.17) is 23.2 Å². The van der Waals surface area contributed by atoms with E-state index in [-0.39, 0.29) is 17.9 Å². The van der Waals surface area contributed by atoms with Gasteiger partial charge < -0.3 is 10.6 Å². The molecule has 3 heterocycles. The van der Waals surface area contributed by atoms with Gasteiger partial charge >= 0.3 is 0 Å². The van der Waals surface area contributed by atoms with Crippen LogP contribution >= 0.6 is 23.2 Å². The van der Waals surface area contributed by atoms with Gasteiger partial charge in [0, 0.05) is 40.6 Å². The van der Waals surface area contributed by atoms with E-state index in [1.807, 2.05) is 24.3 Å². The molecule has 2 aliphatic heterocycles. The number of hydrogen-bond acceptors (Lipinski definition) is 4. The van der Waals surface area contributed by atoms with Gasteiger partial charge in [-0.2, -0.15) is 0 Å². The van der Waals surface area contributed by atoms with E-state index in [0.29, 0.717) is 10.0 Å². The van der Waals surface area contributed by atoms with Crippen molar-refractivity contribution in [1.29, 1.82) is 0 Å². The van der Waals surface area contributed by atoms with Crippen molar-refractivity contribution < 1.29 is 9.59 Å². The number of anilines is 1. The maximum absolute atomic E-state index is 14.3. The van der Waals surface area contributed by atoms with Gasteiger partial charge in [-0.3, -0.25) is 19.9 Å². The van der Waals surface area contributed by atoms with E-state index in [2.05, 4.69) is 20.9 Å². The Morgan fingerprint density at radius 2 is 1.72 bits per heavy atom. The van der Waals surface area contributed by atoms with Crippen LogP contribution in [-0.4, -0.2) is 34.4 Å². The van der Waals surface area contributed by atoms with Gasteiger partial charge in [-0.25, -0.2) is 0 Å². The Bertz CT molecular complexity index is 1190. The molecule has 36 heavy (non-hydrogen) atoms. The second kappa shape index (κ2) is 9.30. The molecular formula is C28H32Cl2N4O2. The minimum absolute atomic E-state index is 0.0380. The van der Waals surface area contributed by atoms with Crippen LogP contribution in [0.25, 0.3) is 0 Å². The summed E-state index contributed by atoms with van der Waals surface area (Å²) >= 11 is 12.8. The third-order valence-corrected chi connectivity index (χ3v) is 9.47. The summed E-state index contributed by atoms with van der Waals surface area (Å²) in [7, 11) is 0. The van der Waals surface area contributed by atoms with Crippen LogP contribution in [0.4, 0.5) is 5.69 Å². The van der Waals surface area contributed by atoms with Crippen molar-refractivity contribution in [2.75, 3.05) is 5.32 Å². The standard InChI is InChI=1S/C28H32Cl2N4O2/c29-18-9-10-21-22(14-18)33-26(36)28(21)23(17-13-19(30)16-31-15-17)24(34-27(28)11-5-2-6-12-27)25(35)32-20-7-3-1-4-8-20/h9-10,13-16,20,23-24,34H,1-8,11-12H2,(H,32,35)(H,33,36). The van der Waals surface area contributed by atoms with Crippen LogP contribution in [0.5, 0.6) is 0 Å². The predicted molar refractivity (Wildman–Crippen MR) is 142 cm³/mol. The molecule has 3 N–H and O–H groups in total. The summed E-state index contributed by atoms with van der Waals surface area (Å²) < 4.78 is 0. The predicted octanol–water partition coefficient (Wildman–Crippen LogP) is 5.49. The molecule has 3 unspecified atom stereocenters. The maximum atomic E-state index is 14.3. The third-order valence-electron chi connectivity index (χ3n) is 9.03. The van der Waals surface area contributed by atoms with Crippen molar-refractivity contribution in [1.82, 2.24) is 15.6 Å². The zero-order valence-corrected chi connectivity index (χ0v) is 21.8. The van der Waals surface area contributed by atoms with Crippen LogP contribution in [0.2, 0.25) is 10.0 Å². The number of hydrogen-bond donors (Lipinski definition) is 3. The zero-order valence-electron chi connectivity index (χ0n) is 20.3. The number of nitrogens with zero attached hydrogens (tertiary/aromatic N) is 1. The minimum atomic E-state index is -0.978. The first kappa shape index (κ1) is 24.2. The van der Waals surface area contributed by atoms with Gasteiger partial charge in [-0.15, -0.1) is 0 Å². The number of benzene rings is 1. The van der Waals surface area contributed by atoms with Gasteiger partial charge in [-0.1, -0.05) is 67.8 Å². The number of halogens is 2. The number of carbonyl (C=O) groups excluding carboxylic acids is 2. The first-order valence-electron chi connectivity index (χ1n) is 13.2. The number of rotatable bonds is 3. The summed E-state index contributed by atoms with van der Waals surface area (Å²) in [4.78, 5) is 32.7. The number of carbonyl (C=O) groups is 2. The lowest BCUT2D eigenvalue weighted by molar-refractivity contribution is -0.124. The Kier molecular flexibility index (Phi) is 6.25. The maximum Gasteiger partial charge on any atom is 0.238 e. The molecule has 3 atom stereocenters. The van der Waals surface area contributed by atoms with E-state index in [1.165, 1.54) is 6.42 Å². The van der Waals surface area contributed by atoms with Crippen LogP contribution < -0.4 is 16.0 Å².